The van der Waals surface area contributed by atoms with Gasteiger partial charge in [-0.05, 0) is 26.0 Å². The number of para-hydroxylation sites is 4. The molecule has 26 heavy (non-hydrogen) atoms. The summed E-state index contributed by atoms with van der Waals surface area (Å²) >= 11 is 0. The summed E-state index contributed by atoms with van der Waals surface area (Å²) in [7, 11) is 0. The van der Waals surface area contributed by atoms with Crippen molar-refractivity contribution in [2.45, 2.75) is 13.8 Å². The van der Waals surface area contributed by atoms with Gasteiger partial charge < -0.3 is 0 Å². The number of hydrogen-bond acceptors (Lipinski definition) is 8. The van der Waals surface area contributed by atoms with Crippen molar-refractivity contribution in [3.8, 4) is 0 Å². The maximum atomic E-state index is 11.0. The van der Waals surface area contributed by atoms with E-state index in [9.17, 15) is 20.2 Å². The van der Waals surface area contributed by atoms with Gasteiger partial charge in [0.25, 0.3) is 11.4 Å². The highest BCUT2D eigenvalue weighted by Gasteiger charge is 2.13. The van der Waals surface area contributed by atoms with Crippen LogP contribution < -0.4 is 10.9 Å². The molecule has 0 spiro atoms. The summed E-state index contributed by atoms with van der Waals surface area (Å²) in [6, 6.07) is 12.2. The number of nitrogens with one attached hydrogen (secondary N) is 2. The number of hydrazone groups is 2. The van der Waals surface area contributed by atoms with E-state index in [4.69, 9.17) is 0 Å². The zero-order chi connectivity index (χ0) is 19.1. The minimum Gasteiger partial charge on any atom is -0.271 e. The highest BCUT2D eigenvalue weighted by Crippen LogP contribution is 2.24. The molecule has 0 aliphatic rings. The van der Waals surface area contributed by atoms with Gasteiger partial charge in [0.2, 0.25) is 0 Å². The Morgan fingerprint density at radius 2 is 1.12 bits per heavy atom. The maximum absolute atomic E-state index is 11.0. The molecule has 10 heteroatoms. The molecule has 2 aromatic rings. The normalized spacial score (nSPS) is 11.8. The fourth-order valence-corrected chi connectivity index (χ4v) is 1.90. The van der Waals surface area contributed by atoms with Crippen molar-refractivity contribution in [1.29, 1.82) is 0 Å². The Hall–Kier alpha value is -3.82. The molecule has 0 aliphatic carbocycles. The van der Waals surface area contributed by atoms with Crippen LogP contribution >= 0.6 is 0 Å². The first kappa shape index (κ1) is 18.5. The second-order valence-corrected chi connectivity index (χ2v) is 5.17. The predicted octanol–water partition coefficient (Wildman–Crippen LogP) is 3.78. The molecule has 0 bridgehead atoms. The zero-order valence-corrected chi connectivity index (χ0v) is 14.0. The van der Waals surface area contributed by atoms with Crippen LogP contribution in [0.15, 0.2) is 58.7 Å². The number of benzene rings is 2. The standard InChI is InChI=1S/C16H16N6O4/c1-11(17-19-13-7-3-5-9-15(13)21(23)24)12(2)18-20-14-8-4-6-10-16(14)22(25)26/h3-10,19-20H,1-2H3. The smallest absolute Gasteiger partial charge is 0.271 e. The van der Waals surface area contributed by atoms with Crippen molar-refractivity contribution in [1.82, 2.24) is 0 Å². The molecule has 2 aromatic carbocycles. The lowest BCUT2D eigenvalue weighted by molar-refractivity contribution is -0.384. The second kappa shape index (κ2) is 8.33. The SMILES string of the molecule is CC(=NNc1ccccc1[N+](=O)[O-])C(C)=NNc1ccccc1[N+](=O)[O-]. The molecule has 2 rings (SSSR count). The monoisotopic (exact) mass is 356 g/mol. The molecule has 0 saturated carbocycles. The Balaban J connectivity index is 2.13. The Kier molecular flexibility index (Phi) is 5.93. The fraction of sp³-hybridized carbons (Fsp3) is 0.125. The number of anilines is 2. The molecular formula is C16H16N6O4. The van der Waals surface area contributed by atoms with Gasteiger partial charge >= 0.3 is 0 Å². The van der Waals surface area contributed by atoms with Gasteiger partial charge in [-0.25, -0.2) is 0 Å². The van der Waals surface area contributed by atoms with Crippen molar-refractivity contribution >= 4 is 34.2 Å². The molecule has 134 valence electrons. The minimum atomic E-state index is -0.510. The molecule has 0 aromatic heterocycles. The van der Waals surface area contributed by atoms with Gasteiger partial charge in [0.05, 0.1) is 21.3 Å². The topological polar surface area (TPSA) is 135 Å². The summed E-state index contributed by atoms with van der Waals surface area (Å²) in [6.45, 7) is 3.31. The van der Waals surface area contributed by atoms with Gasteiger partial charge in [-0.3, -0.25) is 31.1 Å². The zero-order valence-electron chi connectivity index (χ0n) is 14.0. The highest BCUT2D eigenvalue weighted by atomic mass is 16.6. The third kappa shape index (κ3) is 4.60. The van der Waals surface area contributed by atoms with E-state index in [0.29, 0.717) is 11.4 Å². The summed E-state index contributed by atoms with van der Waals surface area (Å²) in [4.78, 5) is 20.9. The molecule has 0 saturated heterocycles. The summed E-state index contributed by atoms with van der Waals surface area (Å²) in [6.07, 6.45) is 0. The van der Waals surface area contributed by atoms with Crippen LogP contribution in [0.4, 0.5) is 22.7 Å². The van der Waals surface area contributed by atoms with Crippen molar-refractivity contribution in [3.63, 3.8) is 0 Å². The van der Waals surface area contributed by atoms with Crippen LogP contribution in [0.25, 0.3) is 0 Å². The average Bonchev–Trinajstić information content (AvgIpc) is 2.64. The Morgan fingerprint density at radius 1 is 0.769 bits per heavy atom. The van der Waals surface area contributed by atoms with Crippen LogP contribution in [0, 0.1) is 20.2 Å². The lowest BCUT2D eigenvalue weighted by Crippen LogP contribution is -2.11. The molecule has 10 nitrogen and oxygen atoms in total. The molecule has 0 unspecified atom stereocenters. The van der Waals surface area contributed by atoms with Crippen molar-refractivity contribution < 1.29 is 9.85 Å². The number of rotatable bonds is 7. The number of nitrogens with zero attached hydrogens (tertiary/aromatic N) is 4. The number of hydrogen-bond donors (Lipinski definition) is 2. The van der Waals surface area contributed by atoms with Crippen molar-refractivity contribution in [2.24, 2.45) is 10.2 Å². The third-order valence-electron chi connectivity index (χ3n) is 3.41. The van der Waals surface area contributed by atoms with Crippen LogP contribution in [-0.2, 0) is 0 Å². The quantitative estimate of drug-likeness (QED) is 0.440. The minimum absolute atomic E-state index is 0.100. The maximum Gasteiger partial charge on any atom is 0.294 e. The van der Waals surface area contributed by atoms with Gasteiger partial charge in [0.15, 0.2) is 0 Å². The number of nitro groups is 2. The summed E-state index contributed by atoms with van der Waals surface area (Å²) < 4.78 is 0. The Labute approximate surface area is 148 Å². The van der Waals surface area contributed by atoms with E-state index in [1.807, 2.05) is 0 Å². The average molecular weight is 356 g/mol. The van der Waals surface area contributed by atoms with Crippen LogP contribution in [0.1, 0.15) is 13.8 Å². The molecule has 0 aliphatic heterocycles. The summed E-state index contributed by atoms with van der Waals surface area (Å²) in [5.41, 5.74) is 6.46. The van der Waals surface area contributed by atoms with E-state index in [1.165, 1.54) is 24.3 Å². The molecular weight excluding hydrogens is 340 g/mol. The lowest BCUT2D eigenvalue weighted by Gasteiger charge is -2.05. The first-order chi connectivity index (χ1) is 12.4. The van der Waals surface area contributed by atoms with E-state index >= 15 is 0 Å². The first-order valence-corrected chi connectivity index (χ1v) is 7.48. The molecule has 2 N–H and O–H groups in total. The molecule has 0 heterocycles. The molecule has 0 radical (unpaired) electrons. The van der Waals surface area contributed by atoms with E-state index < -0.39 is 9.85 Å². The summed E-state index contributed by atoms with van der Waals surface area (Å²) in [5.74, 6) is 0. The van der Waals surface area contributed by atoms with Crippen molar-refractivity contribution in [2.75, 3.05) is 10.9 Å². The third-order valence-corrected chi connectivity index (χ3v) is 3.41. The van der Waals surface area contributed by atoms with Gasteiger partial charge in [-0.1, -0.05) is 24.3 Å². The largest absolute Gasteiger partial charge is 0.294 e. The van der Waals surface area contributed by atoms with E-state index in [1.54, 1.807) is 38.1 Å². The van der Waals surface area contributed by atoms with Crippen LogP contribution in [0.3, 0.4) is 0 Å². The van der Waals surface area contributed by atoms with Gasteiger partial charge in [-0.15, -0.1) is 0 Å². The van der Waals surface area contributed by atoms with Gasteiger partial charge in [-0.2, -0.15) is 10.2 Å². The Bertz CT molecular complexity index is 820. The predicted molar refractivity (Wildman–Crippen MR) is 99.7 cm³/mol. The van der Waals surface area contributed by atoms with E-state index in [2.05, 4.69) is 21.1 Å². The van der Waals surface area contributed by atoms with E-state index in [0.717, 1.165) is 0 Å². The van der Waals surface area contributed by atoms with Crippen LogP contribution in [0.2, 0.25) is 0 Å². The van der Waals surface area contributed by atoms with Gasteiger partial charge in [0.1, 0.15) is 11.4 Å². The van der Waals surface area contributed by atoms with E-state index in [-0.39, 0.29) is 22.7 Å². The summed E-state index contributed by atoms with van der Waals surface area (Å²) in [5, 5.41) is 30.1. The fourth-order valence-electron chi connectivity index (χ4n) is 1.90. The molecule has 0 amide bonds. The number of nitro benzene ring substituents is 2. The van der Waals surface area contributed by atoms with Crippen molar-refractivity contribution in [3.05, 3.63) is 68.8 Å². The lowest BCUT2D eigenvalue weighted by atomic mass is 10.3. The van der Waals surface area contributed by atoms with Gasteiger partial charge in [0, 0.05) is 12.1 Å². The van der Waals surface area contributed by atoms with Crippen LogP contribution in [-0.4, -0.2) is 21.3 Å². The Morgan fingerprint density at radius 3 is 1.46 bits per heavy atom. The second-order valence-electron chi connectivity index (χ2n) is 5.17. The highest BCUT2D eigenvalue weighted by molar-refractivity contribution is 6.40. The molecule has 0 atom stereocenters. The van der Waals surface area contributed by atoms with Crippen LogP contribution in [0.5, 0.6) is 0 Å². The molecule has 0 fully saturated rings. The first-order valence-electron chi connectivity index (χ1n) is 7.48.